The Kier molecular flexibility index (Phi) is 1.89. The number of nitrogen functional groups attached to an aromatic ring is 1. The van der Waals surface area contributed by atoms with Crippen molar-refractivity contribution >= 4 is 27.3 Å². The Morgan fingerprint density at radius 2 is 2.36 bits per heavy atom. The van der Waals surface area contributed by atoms with E-state index in [1.54, 1.807) is 4.52 Å². The zero-order valence-electron chi connectivity index (χ0n) is 7.32. The van der Waals surface area contributed by atoms with Crippen molar-refractivity contribution in [1.29, 1.82) is 5.26 Å². The quantitative estimate of drug-likeness (QED) is 0.765. The van der Waals surface area contributed by atoms with E-state index >= 15 is 0 Å². The minimum Gasteiger partial charge on any atom is -0.382 e. The van der Waals surface area contributed by atoms with E-state index < -0.39 is 0 Å². The molecule has 2 rings (SSSR count). The predicted molar refractivity (Wildman–Crippen MR) is 54.6 cm³/mol. The summed E-state index contributed by atoms with van der Waals surface area (Å²) in [6, 6.07) is 2.09. The van der Waals surface area contributed by atoms with Crippen LogP contribution in [0.4, 0.5) is 5.82 Å². The predicted octanol–water partition coefficient (Wildman–Crippen LogP) is 1.25. The average Bonchev–Trinajstić information content (AvgIpc) is 2.43. The maximum Gasteiger partial charge on any atom is 0.152 e. The zero-order valence-corrected chi connectivity index (χ0v) is 8.91. The molecule has 0 aromatic carbocycles. The molecule has 0 amide bonds. The number of halogens is 1. The van der Waals surface area contributed by atoms with Gasteiger partial charge in [-0.3, -0.25) is 0 Å². The largest absolute Gasteiger partial charge is 0.382 e. The topological polar surface area (TPSA) is 80.0 Å². The Morgan fingerprint density at radius 3 is 3.00 bits per heavy atom. The molecular formula is C8H6BrN5. The third kappa shape index (κ3) is 0.992. The summed E-state index contributed by atoms with van der Waals surface area (Å²) in [5.74, 6) is 0.311. The fraction of sp³-hybridized carbons (Fsp3) is 0.125. The fourth-order valence-corrected chi connectivity index (χ4v) is 1.79. The number of nitrogens with two attached hydrogens (primary N) is 1. The molecule has 0 aliphatic rings. The van der Waals surface area contributed by atoms with Crippen LogP contribution in [0.25, 0.3) is 5.52 Å². The van der Waals surface area contributed by atoms with E-state index in [0.717, 1.165) is 10.2 Å². The highest BCUT2D eigenvalue weighted by Gasteiger charge is 2.16. The molecule has 2 aromatic heterocycles. The third-order valence-electron chi connectivity index (χ3n) is 2.04. The molecule has 0 bridgehead atoms. The Morgan fingerprint density at radius 1 is 1.64 bits per heavy atom. The number of aromatic nitrogens is 3. The summed E-state index contributed by atoms with van der Waals surface area (Å²) < 4.78 is 2.30. The highest BCUT2D eigenvalue weighted by Crippen LogP contribution is 2.27. The molecular weight excluding hydrogens is 246 g/mol. The van der Waals surface area contributed by atoms with Crippen molar-refractivity contribution in [3.8, 4) is 6.07 Å². The van der Waals surface area contributed by atoms with E-state index in [1.807, 2.05) is 6.92 Å². The summed E-state index contributed by atoms with van der Waals surface area (Å²) in [6.07, 6.45) is 1.35. The molecule has 2 heterocycles. The number of nitrogens with zero attached hydrogens (tertiary/aromatic N) is 4. The molecule has 0 radical (unpaired) electrons. The lowest BCUT2D eigenvalue weighted by Gasteiger charge is -1.96. The van der Waals surface area contributed by atoms with Gasteiger partial charge in [0, 0.05) is 5.56 Å². The second kappa shape index (κ2) is 2.96. The molecule has 70 valence electrons. The van der Waals surface area contributed by atoms with Gasteiger partial charge in [0.1, 0.15) is 22.5 Å². The van der Waals surface area contributed by atoms with Gasteiger partial charge in [0.05, 0.1) is 5.56 Å². The first kappa shape index (κ1) is 8.97. The van der Waals surface area contributed by atoms with Gasteiger partial charge in [0.2, 0.25) is 0 Å². The van der Waals surface area contributed by atoms with Crippen LogP contribution in [0.5, 0.6) is 0 Å². The van der Waals surface area contributed by atoms with Crippen LogP contribution in [0.15, 0.2) is 10.9 Å². The molecule has 14 heavy (non-hydrogen) atoms. The SMILES string of the molecule is Cc1c(C#N)c2c(N)ncnn2c1Br. The molecule has 0 spiro atoms. The Bertz CT molecular complexity index is 551. The maximum atomic E-state index is 8.96. The van der Waals surface area contributed by atoms with Crippen LogP contribution in [-0.4, -0.2) is 14.6 Å². The highest BCUT2D eigenvalue weighted by molar-refractivity contribution is 9.10. The average molecular weight is 252 g/mol. The third-order valence-corrected chi connectivity index (χ3v) is 2.97. The monoisotopic (exact) mass is 251 g/mol. The summed E-state index contributed by atoms with van der Waals surface area (Å²) in [6.45, 7) is 1.83. The summed E-state index contributed by atoms with van der Waals surface area (Å²) in [4.78, 5) is 3.84. The lowest BCUT2D eigenvalue weighted by molar-refractivity contribution is 0.885. The van der Waals surface area contributed by atoms with Crippen LogP contribution in [0, 0.1) is 18.3 Å². The number of rotatable bonds is 0. The van der Waals surface area contributed by atoms with Gasteiger partial charge in [-0.2, -0.15) is 10.4 Å². The van der Waals surface area contributed by atoms with E-state index in [1.165, 1.54) is 6.33 Å². The molecule has 5 nitrogen and oxygen atoms in total. The van der Waals surface area contributed by atoms with Crippen LogP contribution >= 0.6 is 15.9 Å². The van der Waals surface area contributed by atoms with Crippen LogP contribution in [0.2, 0.25) is 0 Å². The molecule has 0 atom stereocenters. The second-order valence-corrected chi connectivity index (χ2v) is 3.56. The van der Waals surface area contributed by atoms with Crippen LogP contribution in [-0.2, 0) is 0 Å². The second-order valence-electron chi connectivity index (χ2n) is 2.81. The van der Waals surface area contributed by atoms with E-state index in [2.05, 4.69) is 32.1 Å². The van der Waals surface area contributed by atoms with Crippen molar-refractivity contribution in [3.05, 3.63) is 22.1 Å². The van der Waals surface area contributed by atoms with Crippen molar-refractivity contribution < 1.29 is 0 Å². The number of hydrogen-bond donors (Lipinski definition) is 1. The van der Waals surface area contributed by atoms with Gasteiger partial charge in [-0.1, -0.05) is 0 Å². The van der Waals surface area contributed by atoms with Gasteiger partial charge in [0.15, 0.2) is 5.82 Å². The lowest BCUT2D eigenvalue weighted by Crippen LogP contribution is -1.99. The summed E-state index contributed by atoms with van der Waals surface area (Å²) in [5.41, 5.74) is 7.55. The molecule has 0 fully saturated rings. The van der Waals surface area contributed by atoms with Gasteiger partial charge in [0.25, 0.3) is 0 Å². The van der Waals surface area contributed by atoms with Gasteiger partial charge < -0.3 is 5.73 Å². The Balaban J connectivity index is 3.06. The van der Waals surface area contributed by atoms with Gasteiger partial charge in [-0.25, -0.2) is 9.50 Å². The minimum absolute atomic E-state index is 0.311. The number of nitriles is 1. The fourth-order valence-electron chi connectivity index (χ4n) is 1.33. The van der Waals surface area contributed by atoms with Gasteiger partial charge in [-0.15, -0.1) is 0 Å². The maximum absolute atomic E-state index is 8.96. The summed E-state index contributed by atoms with van der Waals surface area (Å²) in [7, 11) is 0. The van der Waals surface area contributed by atoms with Gasteiger partial charge in [-0.05, 0) is 22.9 Å². The van der Waals surface area contributed by atoms with Gasteiger partial charge >= 0.3 is 0 Å². The highest BCUT2D eigenvalue weighted by atomic mass is 79.9. The van der Waals surface area contributed by atoms with Crippen LogP contribution in [0.1, 0.15) is 11.1 Å². The summed E-state index contributed by atoms with van der Waals surface area (Å²) >= 11 is 3.34. The number of fused-ring (bicyclic) bond motifs is 1. The summed E-state index contributed by atoms with van der Waals surface area (Å²) in [5, 5.41) is 13.0. The van der Waals surface area contributed by atoms with E-state index in [0.29, 0.717) is 16.9 Å². The first-order valence-electron chi connectivity index (χ1n) is 3.84. The van der Waals surface area contributed by atoms with Crippen molar-refractivity contribution in [1.82, 2.24) is 14.6 Å². The van der Waals surface area contributed by atoms with Crippen LogP contribution in [0.3, 0.4) is 0 Å². The van der Waals surface area contributed by atoms with Crippen molar-refractivity contribution in [2.45, 2.75) is 6.92 Å². The van der Waals surface area contributed by atoms with E-state index in [9.17, 15) is 0 Å². The van der Waals surface area contributed by atoms with Crippen LogP contribution < -0.4 is 5.73 Å². The Labute approximate surface area is 88.3 Å². The first-order valence-corrected chi connectivity index (χ1v) is 4.63. The van der Waals surface area contributed by atoms with Crippen molar-refractivity contribution in [2.24, 2.45) is 0 Å². The van der Waals surface area contributed by atoms with Crippen molar-refractivity contribution in [2.75, 3.05) is 5.73 Å². The molecule has 2 N–H and O–H groups in total. The lowest BCUT2D eigenvalue weighted by atomic mass is 10.2. The molecule has 0 saturated carbocycles. The van der Waals surface area contributed by atoms with E-state index in [-0.39, 0.29) is 0 Å². The molecule has 6 heteroatoms. The zero-order chi connectivity index (χ0) is 10.3. The molecule has 0 unspecified atom stereocenters. The standard InChI is InChI=1S/C8H6BrN5/c1-4-5(2-10)6-8(11)12-3-13-14(6)7(4)9/h3H,1H3,(H2,11,12,13). The molecule has 0 aliphatic carbocycles. The first-order chi connectivity index (χ1) is 6.66. The smallest absolute Gasteiger partial charge is 0.152 e. The number of hydrogen-bond acceptors (Lipinski definition) is 4. The minimum atomic E-state index is 0.311. The Hall–Kier alpha value is -1.61. The number of anilines is 1. The van der Waals surface area contributed by atoms with Crippen molar-refractivity contribution in [3.63, 3.8) is 0 Å². The molecule has 0 saturated heterocycles. The normalized spacial score (nSPS) is 10.4. The van der Waals surface area contributed by atoms with E-state index in [4.69, 9.17) is 11.0 Å². The molecule has 0 aliphatic heterocycles. The molecule has 2 aromatic rings.